The first-order chi connectivity index (χ1) is 2.27. The first-order valence-electron chi connectivity index (χ1n) is 1.22. The van der Waals surface area contributed by atoms with E-state index in [2.05, 4.69) is 11.7 Å². The van der Waals surface area contributed by atoms with E-state index in [0.29, 0.717) is 0 Å². The van der Waals surface area contributed by atoms with Gasteiger partial charge in [-0.1, -0.05) is 0 Å². The maximum Gasteiger partial charge on any atom is 0.180 e. The van der Waals surface area contributed by atoms with Gasteiger partial charge in [0.2, 0.25) is 0 Å². The Morgan fingerprint density at radius 1 is 2.00 bits per heavy atom. The minimum Gasteiger partial charge on any atom is -0.484 e. The van der Waals surface area contributed by atoms with Gasteiger partial charge in [-0.05, 0) is 0 Å². The average Bonchev–Trinajstić information content (AvgIpc) is 1.38. The normalized spacial score (nSPS) is 6.80. The Bertz CT molecular complexity index is 42.2. The molecule has 0 fully saturated rings. The van der Waals surface area contributed by atoms with Crippen molar-refractivity contribution in [3.05, 3.63) is 6.92 Å². The molecule has 1 N–H and O–H groups in total. The van der Waals surface area contributed by atoms with Gasteiger partial charge in [-0.15, -0.1) is 0 Å². The zero-order chi connectivity index (χ0) is 4.28. The third kappa shape index (κ3) is 3.47. The van der Waals surface area contributed by atoms with Crippen molar-refractivity contribution >= 4 is 5.90 Å². The molecule has 0 amide bonds. The largest absolute Gasteiger partial charge is 0.484 e. The number of methoxy groups -OCH3 is 1. The number of nitrogens with one attached hydrogen (secondary N) is 1. The molecule has 0 bridgehead atoms. The molecule has 0 spiro atoms. The van der Waals surface area contributed by atoms with E-state index in [4.69, 9.17) is 5.41 Å². The van der Waals surface area contributed by atoms with Crippen LogP contribution < -0.4 is 0 Å². The van der Waals surface area contributed by atoms with Crippen LogP contribution >= 0.6 is 0 Å². The van der Waals surface area contributed by atoms with Crippen molar-refractivity contribution in [2.75, 3.05) is 7.11 Å². The molecule has 0 atom stereocenters. The fourth-order valence-electron chi connectivity index (χ4n) is 0. The standard InChI is InChI=1S/C3H6NO/c1-3(4)5-2/h4H,1H2,2H3. The summed E-state index contributed by atoms with van der Waals surface area (Å²) in [6.45, 7) is 3.12. The number of ether oxygens (including phenoxy) is 1. The second kappa shape index (κ2) is 1.76. The average molecular weight is 72.1 g/mol. The van der Waals surface area contributed by atoms with E-state index in [-0.39, 0.29) is 5.90 Å². The molecule has 0 unspecified atom stereocenters. The Balaban J connectivity index is 2.85. The van der Waals surface area contributed by atoms with E-state index in [1.54, 1.807) is 0 Å². The van der Waals surface area contributed by atoms with E-state index in [0.717, 1.165) is 0 Å². The summed E-state index contributed by atoms with van der Waals surface area (Å²) in [5.41, 5.74) is 0. The SMILES string of the molecule is [CH2]C(=N)OC. The van der Waals surface area contributed by atoms with Gasteiger partial charge < -0.3 is 4.74 Å². The Hall–Kier alpha value is -0.530. The summed E-state index contributed by atoms with van der Waals surface area (Å²) >= 11 is 0. The lowest BCUT2D eigenvalue weighted by Gasteiger charge is -1.85. The van der Waals surface area contributed by atoms with Crippen molar-refractivity contribution in [2.45, 2.75) is 0 Å². The molecule has 0 heterocycles. The molecule has 29 valence electrons. The topological polar surface area (TPSA) is 33.1 Å². The number of rotatable bonds is 0. The fourth-order valence-corrected chi connectivity index (χ4v) is 0. The first kappa shape index (κ1) is 4.47. The van der Waals surface area contributed by atoms with E-state index < -0.39 is 0 Å². The highest BCUT2D eigenvalue weighted by Crippen LogP contribution is 1.60. The van der Waals surface area contributed by atoms with Gasteiger partial charge in [0.1, 0.15) is 0 Å². The van der Waals surface area contributed by atoms with Crippen LogP contribution in [0.1, 0.15) is 0 Å². The molecule has 0 rings (SSSR count). The third-order valence-corrected chi connectivity index (χ3v) is 0.246. The summed E-state index contributed by atoms with van der Waals surface area (Å²) in [6.07, 6.45) is 0. The number of hydrogen-bond donors (Lipinski definition) is 1. The summed E-state index contributed by atoms with van der Waals surface area (Å²) in [7, 11) is 1.41. The van der Waals surface area contributed by atoms with Crippen LogP contribution in [0.3, 0.4) is 0 Å². The second-order valence-corrected chi connectivity index (χ2v) is 0.627. The van der Waals surface area contributed by atoms with Crippen molar-refractivity contribution in [3.8, 4) is 0 Å². The molecule has 0 saturated carbocycles. The third-order valence-electron chi connectivity index (χ3n) is 0.246. The van der Waals surface area contributed by atoms with Crippen molar-refractivity contribution in [3.63, 3.8) is 0 Å². The van der Waals surface area contributed by atoms with Gasteiger partial charge in [0.05, 0.1) is 7.11 Å². The van der Waals surface area contributed by atoms with Crippen molar-refractivity contribution < 1.29 is 4.74 Å². The van der Waals surface area contributed by atoms with Gasteiger partial charge >= 0.3 is 0 Å². The molecule has 5 heavy (non-hydrogen) atoms. The summed E-state index contributed by atoms with van der Waals surface area (Å²) in [5, 5.41) is 6.41. The van der Waals surface area contributed by atoms with Crippen LogP contribution in [0.5, 0.6) is 0 Å². The van der Waals surface area contributed by atoms with Crippen molar-refractivity contribution in [1.82, 2.24) is 0 Å². The lowest BCUT2D eigenvalue weighted by atomic mass is 10.8. The smallest absolute Gasteiger partial charge is 0.180 e. The Labute approximate surface area is 31.3 Å². The molecule has 0 aromatic heterocycles. The Morgan fingerprint density at radius 2 is 2.20 bits per heavy atom. The summed E-state index contributed by atoms with van der Waals surface area (Å²) < 4.78 is 4.22. The zero-order valence-corrected chi connectivity index (χ0v) is 3.12. The van der Waals surface area contributed by atoms with Crippen LogP contribution in [0, 0.1) is 12.3 Å². The minimum atomic E-state index is 0.00463. The summed E-state index contributed by atoms with van der Waals surface area (Å²) in [4.78, 5) is 0. The lowest BCUT2D eigenvalue weighted by Crippen LogP contribution is -1.87. The van der Waals surface area contributed by atoms with E-state index in [9.17, 15) is 0 Å². The van der Waals surface area contributed by atoms with Gasteiger partial charge in [0.25, 0.3) is 0 Å². The molecule has 2 nitrogen and oxygen atoms in total. The predicted molar refractivity (Wildman–Crippen MR) is 20.1 cm³/mol. The van der Waals surface area contributed by atoms with Gasteiger partial charge in [0, 0.05) is 6.92 Å². The molecule has 2 heteroatoms. The van der Waals surface area contributed by atoms with E-state index in [1.807, 2.05) is 0 Å². The van der Waals surface area contributed by atoms with Crippen molar-refractivity contribution in [2.24, 2.45) is 0 Å². The summed E-state index contributed by atoms with van der Waals surface area (Å²) in [5.74, 6) is 0.00463. The van der Waals surface area contributed by atoms with Crippen LogP contribution in [-0.2, 0) is 4.74 Å². The highest BCUT2D eigenvalue weighted by molar-refractivity contribution is 5.76. The van der Waals surface area contributed by atoms with Crippen LogP contribution in [0.2, 0.25) is 0 Å². The monoisotopic (exact) mass is 72.0 g/mol. The van der Waals surface area contributed by atoms with Gasteiger partial charge in [0.15, 0.2) is 5.90 Å². The lowest BCUT2D eigenvalue weighted by molar-refractivity contribution is 0.403. The number of hydrogen-bond acceptors (Lipinski definition) is 2. The van der Waals surface area contributed by atoms with Crippen LogP contribution in [-0.4, -0.2) is 13.0 Å². The summed E-state index contributed by atoms with van der Waals surface area (Å²) in [6, 6.07) is 0. The molecule has 0 aromatic carbocycles. The molecular formula is C3H6NO. The Morgan fingerprint density at radius 3 is 2.20 bits per heavy atom. The molecule has 0 aliphatic heterocycles. The molecule has 0 aliphatic carbocycles. The predicted octanol–water partition coefficient (Wildman–Crippen LogP) is 0.444. The molecule has 0 saturated heterocycles. The second-order valence-electron chi connectivity index (χ2n) is 0.627. The highest BCUT2D eigenvalue weighted by atomic mass is 16.5. The molecule has 1 radical (unpaired) electrons. The first-order valence-corrected chi connectivity index (χ1v) is 1.22. The molecular weight excluding hydrogens is 66.0 g/mol. The zero-order valence-electron chi connectivity index (χ0n) is 3.12. The quantitative estimate of drug-likeness (QED) is 0.327. The molecule has 0 aromatic rings. The highest BCUT2D eigenvalue weighted by Gasteiger charge is 1.69. The maximum absolute atomic E-state index is 6.41. The Kier molecular flexibility index (Phi) is 1.57. The van der Waals surface area contributed by atoms with Gasteiger partial charge in [-0.3, -0.25) is 5.41 Å². The fraction of sp³-hybridized carbons (Fsp3) is 0.333. The van der Waals surface area contributed by atoms with E-state index >= 15 is 0 Å². The molecule has 0 aliphatic rings. The maximum atomic E-state index is 6.41. The van der Waals surface area contributed by atoms with E-state index in [1.165, 1.54) is 7.11 Å². The van der Waals surface area contributed by atoms with Gasteiger partial charge in [-0.2, -0.15) is 0 Å². The van der Waals surface area contributed by atoms with Crippen LogP contribution in [0.15, 0.2) is 0 Å². The van der Waals surface area contributed by atoms with Crippen molar-refractivity contribution in [1.29, 1.82) is 5.41 Å². The van der Waals surface area contributed by atoms with Crippen LogP contribution in [0.25, 0.3) is 0 Å². The van der Waals surface area contributed by atoms with Crippen LogP contribution in [0.4, 0.5) is 0 Å². The van der Waals surface area contributed by atoms with Gasteiger partial charge in [-0.25, -0.2) is 0 Å². The minimum absolute atomic E-state index is 0.00463.